The Hall–Kier alpha value is -0.950. The zero-order valence-electron chi connectivity index (χ0n) is 18.2. The maximum absolute atomic E-state index is 11.7. The quantitative estimate of drug-likeness (QED) is 0.255. The van der Waals surface area contributed by atoms with Gasteiger partial charge in [-0.05, 0) is 31.6 Å². The number of hydrogen-bond donors (Lipinski definition) is 3. The molecule has 0 aromatic heterocycles. The molecule has 0 aromatic carbocycles. The number of hydrogen-bond acceptors (Lipinski definition) is 6. The van der Waals surface area contributed by atoms with Gasteiger partial charge in [0.2, 0.25) is 0 Å². The monoisotopic (exact) mass is 402 g/mol. The first-order valence-corrected chi connectivity index (χ1v) is 10.6. The Morgan fingerprint density at radius 2 is 1.61 bits per heavy atom. The summed E-state index contributed by atoms with van der Waals surface area (Å²) in [4.78, 5) is 11.7. The number of aliphatic hydroxyl groups excluding tert-OH is 3. The molecule has 3 atom stereocenters. The lowest BCUT2D eigenvalue weighted by Crippen LogP contribution is -2.27. The second-order valence-corrected chi connectivity index (χ2v) is 8.29. The normalized spacial score (nSPS) is 15.5. The molecule has 0 saturated heterocycles. The van der Waals surface area contributed by atoms with E-state index in [-0.39, 0.29) is 32.2 Å². The van der Waals surface area contributed by atoms with Gasteiger partial charge in [-0.25, -0.2) is 0 Å². The van der Waals surface area contributed by atoms with Gasteiger partial charge in [0.05, 0.1) is 26.2 Å². The first-order chi connectivity index (χ1) is 13.2. The number of rotatable bonds is 17. The van der Waals surface area contributed by atoms with Gasteiger partial charge in [-0.3, -0.25) is 4.79 Å². The highest BCUT2D eigenvalue weighted by molar-refractivity contribution is 5.71. The molecule has 166 valence electrons. The second-order valence-electron chi connectivity index (χ2n) is 8.29. The summed E-state index contributed by atoms with van der Waals surface area (Å²) in [7, 11) is 0. The Labute approximate surface area is 170 Å². The Balaban J connectivity index is 3.80. The van der Waals surface area contributed by atoms with E-state index in [2.05, 4.69) is 20.8 Å². The minimum Gasteiger partial charge on any atom is -0.463 e. The van der Waals surface area contributed by atoms with Crippen molar-refractivity contribution in [2.75, 3.05) is 26.4 Å². The van der Waals surface area contributed by atoms with Crippen LogP contribution in [0.2, 0.25) is 0 Å². The van der Waals surface area contributed by atoms with Crippen molar-refractivity contribution in [3.8, 4) is 0 Å². The lowest BCUT2D eigenvalue weighted by molar-refractivity contribution is -0.147. The van der Waals surface area contributed by atoms with Crippen LogP contribution in [0.15, 0.2) is 11.6 Å². The zero-order chi connectivity index (χ0) is 21.4. The van der Waals surface area contributed by atoms with E-state index in [9.17, 15) is 9.90 Å². The maximum Gasteiger partial charge on any atom is 0.309 e. The van der Waals surface area contributed by atoms with Crippen molar-refractivity contribution in [2.24, 2.45) is 11.8 Å². The number of allylic oxidation sites excluding steroid dienone is 1. The van der Waals surface area contributed by atoms with Crippen molar-refractivity contribution >= 4 is 5.97 Å². The van der Waals surface area contributed by atoms with Crippen LogP contribution in [0.25, 0.3) is 0 Å². The summed E-state index contributed by atoms with van der Waals surface area (Å²) in [6.45, 7) is 8.21. The van der Waals surface area contributed by atoms with Crippen molar-refractivity contribution in [3.63, 3.8) is 0 Å². The molecule has 0 rings (SSSR count). The highest BCUT2D eigenvalue weighted by Gasteiger charge is 2.10. The van der Waals surface area contributed by atoms with Gasteiger partial charge >= 0.3 is 5.97 Å². The Kier molecular flexibility index (Phi) is 16.4. The zero-order valence-corrected chi connectivity index (χ0v) is 18.2. The fraction of sp³-hybridized carbons (Fsp3) is 0.864. The molecule has 6 nitrogen and oxygen atoms in total. The Morgan fingerprint density at radius 1 is 0.964 bits per heavy atom. The van der Waals surface area contributed by atoms with Crippen molar-refractivity contribution < 1.29 is 29.6 Å². The van der Waals surface area contributed by atoms with Crippen LogP contribution in [0, 0.1) is 11.8 Å². The van der Waals surface area contributed by atoms with Crippen LogP contribution < -0.4 is 0 Å². The minimum atomic E-state index is -0.967. The van der Waals surface area contributed by atoms with Gasteiger partial charge < -0.3 is 24.8 Å². The van der Waals surface area contributed by atoms with Crippen LogP contribution in [-0.2, 0) is 14.3 Å². The molecule has 0 amide bonds. The van der Waals surface area contributed by atoms with Gasteiger partial charge in [-0.1, -0.05) is 58.1 Å². The SMILES string of the molecule is CC(=CCC(=O)OCC(O)COCC(O)CO)CCCC(C)CCCC(C)C. The molecule has 0 saturated carbocycles. The van der Waals surface area contributed by atoms with Crippen LogP contribution in [0.3, 0.4) is 0 Å². The molecule has 28 heavy (non-hydrogen) atoms. The lowest BCUT2D eigenvalue weighted by Gasteiger charge is -2.13. The first kappa shape index (κ1) is 27.0. The highest BCUT2D eigenvalue weighted by Crippen LogP contribution is 2.19. The highest BCUT2D eigenvalue weighted by atomic mass is 16.5. The Morgan fingerprint density at radius 3 is 2.25 bits per heavy atom. The molecule has 0 aliphatic carbocycles. The first-order valence-electron chi connectivity index (χ1n) is 10.6. The molecule has 0 bridgehead atoms. The van der Waals surface area contributed by atoms with E-state index in [1.165, 1.54) is 31.3 Å². The van der Waals surface area contributed by atoms with E-state index < -0.39 is 18.8 Å². The molecule has 0 spiro atoms. The smallest absolute Gasteiger partial charge is 0.309 e. The largest absolute Gasteiger partial charge is 0.463 e. The third-order valence-corrected chi connectivity index (χ3v) is 4.63. The molecular weight excluding hydrogens is 360 g/mol. The summed E-state index contributed by atoms with van der Waals surface area (Å²) in [6, 6.07) is 0. The molecule has 3 unspecified atom stereocenters. The summed E-state index contributed by atoms with van der Waals surface area (Å²) in [5.74, 6) is 1.15. The number of ether oxygens (including phenoxy) is 2. The fourth-order valence-corrected chi connectivity index (χ4v) is 2.80. The lowest BCUT2D eigenvalue weighted by atomic mass is 9.94. The third-order valence-electron chi connectivity index (χ3n) is 4.63. The third kappa shape index (κ3) is 17.2. The molecule has 0 aromatic rings. The molecule has 0 heterocycles. The van der Waals surface area contributed by atoms with Crippen LogP contribution in [0.4, 0.5) is 0 Å². The van der Waals surface area contributed by atoms with E-state index in [0.717, 1.165) is 24.7 Å². The standard InChI is InChI=1S/C22H42O6/c1-17(2)7-5-8-18(3)9-6-10-19(4)11-12-22(26)28-16-21(25)15-27-14-20(24)13-23/h11,17-18,20-21,23-25H,5-10,12-16H2,1-4H3. The summed E-state index contributed by atoms with van der Waals surface area (Å²) >= 11 is 0. The summed E-state index contributed by atoms with van der Waals surface area (Å²) in [5, 5.41) is 27.4. The molecule has 0 aliphatic heterocycles. The number of aliphatic hydroxyl groups is 3. The second kappa shape index (κ2) is 17.0. The average molecular weight is 403 g/mol. The van der Waals surface area contributed by atoms with E-state index in [1.54, 1.807) is 0 Å². The van der Waals surface area contributed by atoms with Gasteiger partial charge in [-0.2, -0.15) is 0 Å². The Bertz CT molecular complexity index is 421. The van der Waals surface area contributed by atoms with E-state index in [0.29, 0.717) is 0 Å². The fourth-order valence-electron chi connectivity index (χ4n) is 2.80. The van der Waals surface area contributed by atoms with Gasteiger partial charge in [-0.15, -0.1) is 0 Å². The van der Waals surface area contributed by atoms with Gasteiger partial charge in [0.25, 0.3) is 0 Å². The van der Waals surface area contributed by atoms with Crippen LogP contribution in [-0.4, -0.2) is 59.9 Å². The van der Waals surface area contributed by atoms with Gasteiger partial charge in [0.1, 0.15) is 18.8 Å². The number of carbonyl (C=O) groups excluding carboxylic acids is 1. The van der Waals surface area contributed by atoms with Gasteiger partial charge in [0.15, 0.2) is 0 Å². The molecule has 0 aliphatic rings. The predicted octanol–water partition coefficient (Wildman–Crippen LogP) is 3.23. The summed E-state index contributed by atoms with van der Waals surface area (Å²) < 4.78 is 10.0. The molecule has 0 radical (unpaired) electrons. The number of carbonyl (C=O) groups is 1. The van der Waals surface area contributed by atoms with E-state index >= 15 is 0 Å². The molecule has 6 heteroatoms. The summed E-state index contributed by atoms with van der Waals surface area (Å²) in [5.41, 5.74) is 1.19. The van der Waals surface area contributed by atoms with Crippen molar-refractivity contribution in [2.45, 2.75) is 84.8 Å². The molecule has 0 fully saturated rings. The summed E-state index contributed by atoms with van der Waals surface area (Å²) in [6.07, 6.45) is 7.42. The topological polar surface area (TPSA) is 96.2 Å². The van der Waals surface area contributed by atoms with Crippen molar-refractivity contribution in [1.29, 1.82) is 0 Å². The van der Waals surface area contributed by atoms with Crippen LogP contribution in [0.5, 0.6) is 0 Å². The predicted molar refractivity (Wildman–Crippen MR) is 111 cm³/mol. The maximum atomic E-state index is 11.7. The van der Waals surface area contributed by atoms with Crippen molar-refractivity contribution in [1.82, 2.24) is 0 Å². The molecule has 3 N–H and O–H groups in total. The number of esters is 1. The van der Waals surface area contributed by atoms with Crippen molar-refractivity contribution in [3.05, 3.63) is 11.6 Å². The van der Waals surface area contributed by atoms with Crippen LogP contribution in [0.1, 0.15) is 72.6 Å². The van der Waals surface area contributed by atoms with E-state index in [4.69, 9.17) is 19.7 Å². The molecular formula is C22H42O6. The van der Waals surface area contributed by atoms with Crippen LogP contribution >= 0.6 is 0 Å². The average Bonchev–Trinajstić information content (AvgIpc) is 2.64. The van der Waals surface area contributed by atoms with E-state index in [1.807, 2.05) is 13.0 Å². The minimum absolute atomic E-state index is 0.0610. The van der Waals surface area contributed by atoms with Gasteiger partial charge in [0, 0.05) is 0 Å².